The van der Waals surface area contributed by atoms with Crippen molar-refractivity contribution in [2.75, 3.05) is 0 Å². The second kappa shape index (κ2) is 10.3. The Morgan fingerprint density at radius 1 is 1.18 bits per heavy atom. The molecule has 6 nitrogen and oxygen atoms in total. The van der Waals surface area contributed by atoms with Gasteiger partial charge >= 0.3 is 6.09 Å². The molecular weight excluding hydrogens is 586 g/mol. The fourth-order valence-corrected chi connectivity index (χ4v) is 5.08. The number of alkyl carbamates (subject to hydrolysis) is 1. The summed E-state index contributed by atoms with van der Waals surface area (Å²) in [5.74, 6) is 0.0316. The molecule has 0 aliphatic heterocycles. The van der Waals surface area contributed by atoms with Crippen LogP contribution in [0, 0.1) is 7.14 Å². The fourth-order valence-electron chi connectivity index (χ4n) is 3.18. The van der Waals surface area contributed by atoms with E-state index in [1.807, 2.05) is 12.1 Å². The number of amides is 2. The van der Waals surface area contributed by atoms with Gasteiger partial charge in [0.15, 0.2) is 0 Å². The lowest BCUT2D eigenvalue weighted by Gasteiger charge is -2.27. The van der Waals surface area contributed by atoms with Crippen molar-refractivity contribution in [3.05, 3.63) is 24.8 Å². The molecule has 28 heavy (non-hydrogen) atoms. The molecule has 8 heteroatoms. The number of rotatable bonds is 5. The summed E-state index contributed by atoms with van der Waals surface area (Å²) in [7, 11) is 0. The van der Waals surface area contributed by atoms with Crippen LogP contribution in [0.4, 0.5) is 4.79 Å². The van der Waals surface area contributed by atoms with Crippen molar-refractivity contribution >= 4 is 57.2 Å². The summed E-state index contributed by atoms with van der Waals surface area (Å²) in [6, 6.07) is 3.07. The Kier molecular flexibility index (Phi) is 8.65. The standard InChI is InChI=1S/C20H28I2N2O4/c1-20(2,3)28-19(27)24-16(18(26)23-13-7-5-4-6-8-13)11-12-9-14(21)17(25)15(22)10-12/h9-10,13,16,25H,4-8,11H2,1-3H3,(H,23,26)(H,24,27)/t16-/m0/s1. The van der Waals surface area contributed by atoms with E-state index < -0.39 is 17.7 Å². The number of phenols is 1. The van der Waals surface area contributed by atoms with E-state index in [1.165, 1.54) is 6.42 Å². The van der Waals surface area contributed by atoms with Gasteiger partial charge in [0, 0.05) is 12.5 Å². The van der Waals surface area contributed by atoms with Crippen molar-refractivity contribution < 1.29 is 19.4 Å². The Labute approximate surface area is 193 Å². The molecule has 2 rings (SSSR count). The van der Waals surface area contributed by atoms with Gasteiger partial charge in [-0.05, 0) is 96.5 Å². The maximum absolute atomic E-state index is 12.9. The largest absolute Gasteiger partial charge is 0.506 e. The highest BCUT2D eigenvalue weighted by atomic mass is 127. The third-order valence-electron chi connectivity index (χ3n) is 4.48. The lowest BCUT2D eigenvalue weighted by atomic mass is 9.95. The van der Waals surface area contributed by atoms with Crippen LogP contribution in [0.5, 0.6) is 5.75 Å². The van der Waals surface area contributed by atoms with E-state index in [2.05, 4.69) is 55.8 Å². The maximum atomic E-state index is 12.9. The molecule has 1 aliphatic carbocycles. The molecule has 0 heterocycles. The molecule has 3 N–H and O–H groups in total. The molecule has 0 saturated heterocycles. The van der Waals surface area contributed by atoms with Crippen LogP contribution in [0.1, 0.15) is 58.4 Å². The average Bonchev–Trinajstić information content (AvgIpc) is 2.58. The van der Waals surface area contributed by atoms with Crippen LogP contribution in [-0.4, -0.2) is 34.8 Å². The first-order valence-electron chi connectivity index (χ1n) is 9.52. The molecule has 0 radical (unpaired) electrons. The third kappa shape index (κ3) is 7.57. The Bertz CT molecular complexity index is 690. The molecule has 1 saturated carbocycles. The minimum atomic E-state index is -0.743. The van der Waals surface area contributed by atoms with Gasteiger partial charge in [-0.15, -0.1) is 0 Å². The van der Waals surface area contributed by atoms with Crippen LogP contribution in [0.25, 0.3) is 0 Å². The number of hydrogen-bond acceptors (Lipinski definition) is 4. The van der Waals surface area contributed by atoms with E-state index in [-0.39, 0.29) is 17.7 Å². The van der Waals surface area contributed by atoms with E-state index in [0.717, 1.165) is 31.2 Å². The summed E-state index contributed by atoms with van der Waals surface area (Å²) < 4.78 is 6.76. The molecule has 156 valence electrons. The molecule has 0 bridgehead atoms. The predicted molar refractivity (Wildman–Crippen MR) is 125 cm³/mol. The van der Waals surface area contributed by atoms with E-state index in [9.17, 15) is 14.7 Å². The van der Waals surface area contributed by atoms with Gasteiger partial charge in [-0.25, -0.2) is 4.79 Å². The quantitative estimate of drug-likeness (QED) is 0.427. The zero-order valence-corrected chi connectivity index (χ0v) is 20.8. The minimum Gasteiger partial charge on any atom is -0.506 e. The first-order valence-corrected chi connectivity index (χ1v) is 11.7. The van der Waals surface area contributed by atoms with Crippen molar-refractivity contribution in [3.63, 3.8) is 0 Å². The van der Waals surface area contributed by atoms with Crippen molar-refractivity contribution in [2.45, 2.75) is 77.0 Å². The van der Waals surface area contributed by atoms with Gasteiger partial charge in [0.25, 0.3) is 0 Å². The van der Waals surface area contributed by atoms with Crippen molar-refractivity contribution in [2.24, 2.45) is 0 Å². The predicted octanol–water partition coefficient (Wildman–Crippen LogP) is 4.49. The lowest BCUT2D eigenvalue weighted by Crippen LogP contribution is -2.51. The van der Waals surface area contributed by atoms with Crippen molar-refractivity contribution in [1.29, 1.82) is 0 Å². The number of nitrogens with one attached hydrogen (secondary N) is 2. The number of hydrogen-bond donors (Lipinski definition) is 3. The van der Waals surface area contributed by atoms with Crippen LogP contribution in [0.2, 0.25) is 0 Å². The van der Waals surface area contributed by atoms with Crippen LogP contribution < -0.4 is 10.6 Å². The normalized spacial score (nSPS) is 16.3. The number of carbonyl (C=O) groups is 2. The number of phenolic OH excluding ortho intramolecular Hbond substituents is 1. The minimum absolute atomic E-state index is 0.157. The van der Waals surface area contributed by atoms with E-state index >= 15 is 0 Å². The smallest absolute Gasteiger partial charge is 0.408 e. The highest BCUT2D eigenvalue weighted by Gasteiger charge is 2.27. The van der Waals surface area contributed by atoms with Crippen LogP contribution in [-0.2, 0) is 16.0 Å². The van der Waals surface area contributed by atoms with Gasteiger partial charge in [0.1, 0.15) is 17.4 Å². The summed E-state index contributed by atoms with van der Waals surface area (Å²) in [5.41, 5.74) is 0.226. The molecule has 1 aliphatic rings. The summed E-state index contributed by atoms with van der Waals surface area (Å²) in [4.78, 5) is 25.2. The van der Waals surface area contributed by atoms with Gasteiger partial charge in [0.05, 0.1) is 7.14 Å². The Morgan fingerprint density at radius 3 is 2.29 bits per heavy atom. The van der Waals surface area contributed by atoms with Crippen LogP contribution in [0.15, 0.2) is 12.1 Å². The summed E-state index contributed by atoms with van der Waals surface area (Å²) >= 11 is 4.12. The average molecular weight is 614 g/mol. The Morgan fingerprint density at radius 2 is 1.75 bits per heavy atom. The van der Waals surface area contributed by atoms with E-state index in [4.69, 9.17) is 4.74 Å². The summed E-state index contributed by atoms with van der Waals surface area (Å²) in [5, 5.41) is 15.8. The molecule has 2 amide bonds. The first-order chi connectivity index (χ1) is 13.0. The Balaban J connectivity index is 2.14. The molecular formula is C20H28I2N2O4. The number of benzene rings is 1. The molecule has 0 spiro atoms. The number of carbonyl (C=O) groups excluding carboxylic acids is 2. The van der Waals surface area contributed by atoms with Crippen molar-refractivity contribution in [3.8, 4) is 5.75 Å². The zero-order chi connectivity index (χ0) is 20.9. The highest BCUT2D eigenvalue weighted by Crippen LogP contribution is 2.28. The SMILES string of the molecule is CC(C)(C)OC(=O)N[C@@H](Cc1cc(I)c(O)c(I)c1)C(=O)NC1CCCCC1. The number of aromatic hydroxyl groups is 1. The van der Waals surface area contributed by atoms with E-state index in [0.29, 0.717) is 13.6 Å². The van der Waals surface area contributed by atoms with Gasteiger partial charge in [-0.2, -0.15) is 0 Å². The van der Waals surface area contributed by atoms with Gasteiger partial charge in [-0.1, -0.05) is 19.3 Å². The molecule has 0 unspecified atom stereocenters. The third-order valence-corrected chi connectivity index (χ3v) is 6.12. The van der Waals surface area contributed by atoms with E-state index in [1.54, 1.807) is 20.8 Å². The van der Waals surface area contributed by atoms with Gasteiger partial charge in [0.2, 0.25) is 5.91 Å². The van der Waals surface area contributed by atoms with Gasteiger partial charge < -0.3 is 20.5 Å². The molecule has 1 aromatic rings. The highest BCUT2D eigenvalue weighted by molar-refractivity contribution is 14.1. The first kappa shape index (κ1) is 23.5. The monoisotopic (exact) mass is 614 g/mol. The molecule has 1 aromatic carbocycles. The number of ether oxygens (including phenoxy) is 1. The maximum Gasteiger partial charge on any atom is 0.408 e. The second-order valence-corrected chi connectivity index (χ2v) is 10.5. The summed E-state index contributed by atoms with van der Waals surface area (Å²) in [6.07, 6.45) is 5.09. The van der Waals surface area contributed by atoms with Gasteiger partial charge in [-0.3, -0.25) is 4.79 Å². The van der Waals surface area contributed by atoms with Crippen LogP contribution >= 0.6 is 45.2 Å². The number of halogens is 2. The van der Waals surface area contributed by atoms with Crippen molar-refractivity contribution in [1.82, 2.24) is 10.6 Å². The molecule has 0 aromatic heterocycles. The zero-order valence-electron chi connectivity index (χ0n) is 16.5. The fraction of sp³-hybridized carbons (Fsp3) is 0.600. The summed E-state index contributed by atoms with van der Waals surface area (Å²) in [6.45, 7) is 5.36. The second-order valence-electron chi connectivity index (χ2n) is 8.15. The van der Waals surface area contributed by atoms with Crippen LogP contribution in [0.3, 0.4) is 0 Å². The molecule has 1 fully saturated rings. The Hall–Kier alpha value is -0.780. The topological polar surface area (TPSA) is 87.7 Å². The lowest BCUT2D eigenvalue weighted by molar-refractivity contribution is -0.124. The molecule has 1 atom stereocenters.